The number of unbranched alkanes of at least 4 members (excludes halogenated alkanes) is 1. The first-order valence-electron chi connectivity index (χ1n) is 10.8. The summed E-state index contributed by atoms with van der Waals surface area (Å²) in [6, 6.07) is 0. The first-order chi connectivity index (χ1) is 13.1. The summed E-state index contributed by atoms with van der Waals surface area (Å²) in [5.41, 5.74) is 0. The number of nitrogens with one attached hydrogen (secondary N) is 3. The Kier molecular flexibility index (Phi) is 50.7. The van der Waals surface area contributed by atoms with Gasteiger partial charge in [0.05, 0.1) is 6.61 Å². The van der Waals surface area contributed by atoms with Gasteiger partial charge >= 0.3 is 0 Å². The molecule has 0 rings (SSSR count). The van der Waals surface area contributed by atoms with Crippen molar-refractivity contribution in [2.45, 2.75) is 54.4 Å². The molecule has 0 saturated heterocycles. The van der Waals surface area contributed by atoms with Gasteiger partial charge in [-0.05, 0) is 58.7 Å². The molecule has 6 heteroatoms. The van der Waals surface area contributed by atoms with E-state index in [1.807, 2.05) is 13.0 Å². The van der Waals surface area contributed by atoms with Crippen LogP contribution in [0.4, 0.5) is 0 Å². The van der Waals surface area contributed by atoms with E-state index in [4.69, 9.17) is 10.2 Å². The molecule has 27 heavy (non-hydrogen) atoms. The van der Waals surface area contributed by atoms with Crippen molar-refractivity contribution in [3.05, 3.63) is 12.7 Å². The summed E-state index contributed by atoms with van der Waals surface area (Å²) in [7, 11) is 0. The lowest BCUT2D eigenvalue weighted by atomic mass is 10.3. The standard InChI is InChI=1S/C6H15NO.C6H15N.C5H11N.C4H11NO/c1-2-7-5-3-4-6-8;1-4-7(5-2)6-3;1-3-5-6-4-2;1-2-5-3-4-6/h7-8H,2-6H2,1H3;4-6H2,1-3H3;3,6H,1,4-5H2,2H3;5-6H,2-4H2,1H3. The maximum atomic E-state index is 8.34. The minimum atomic E-state index is 0.244. The van der Waals surface area contributed by atoms with Crippen LogP contribution in [0.5, 0.6) is 0 Å². The summed E-state index contributed by atoms with van der Waals surface area (Å²) >= 11 is 0. The van der Waals surface area contributed by atoms with Gasteiger partial charge in [-0.1, -0.05) is 47.6 Å². The summed E-state index contributed by atoms with van der Waals surface area (Å²) in [6.45, 7) is 26.1. The molecule has 0 amide bonds. The van der Waals surface area contributed by atoms with Crippen LogP contribution in [0.3, 0.4) is 0 Å². The summed E-state index contributed by atoms with van der Waals surface area (Å²) in [6.07, 6.45) is 3.86. The highest BCUT2D eigenvalue weighted by Crippen LogP contribution is 1.82. The number of hydrogen-bond acceptors (Lipinski definition) is 6. The predicted octanol–water partition coefficient (Wildman–Crippen LogP) is 2.09. The van der Waals surface area contributed by atoms with Gasteiger partial charge in [-0.15, -0.1) is 6.58 Å². The van der Waals surface area contributed by atoms with Crippen LogP contribution >= 0.6 is 0 Å². The quantitative estimate of drug-likeness (QED) is 0.230. The van der Waals surface area contributed by atoms with Crippen LogP contribution in [0.25, 0.3) is 0 Å². The zero-order valence-electron chi connectivity index (χ0n) is 19.3. The van der Waals surface area contributed by atoms with Gasteiger partial charge in [0.25, 0.3) is 0 Å². The fourth-order valence-corrected chi connectivity index (χ4v) is 1.71. The number of aliphatic hydroxyl groups is 2. The number of nitrogens with zero attached hydrogens (tertiary/aromatic N) is 1. The zero-order chi connectivity index (χ0) is 21.6. The molecule has 0 atom stereocenters. The van der Waals surface area contributed by atoms with E-state index in [1.54, 1.807) is 0 Å². The Bertz CT molecular complexity index is 201. The molecule has 0 aromatic heterocycles. The smallest absolute Gasteiger partial charge is 0.0555 e. The van der Waals surface area contributed by atoms with Gasteiger partial charge < -0.3 is 31.1 Å². The molecule has 0 fully saturated rings. The van der Waals surface area contributed by atoms with Crippen molar-refractivity contribution in [3.8, 4) is 0 Å². The second kappa shape index (κ2) is 40.3. The molecule has 0 aliphatic carbocycles. The van der Waals surface area contributed by atoms with Crippen LogP contribution in [0.1, 0.15) is 54.4 Å². The maximum absolute atomic E-state index is 8.34. The molecule has 0 radical (unpaired) electrons. The van der Waals surface area contributed by atoms with Crippen molar-refractivity contribution in [2.75, 3.05) is 72.1 Å². The van der Waals surface area contributed by atoms with Crippen molar-refractivity contribution in [1.82, 2.24) is 20.9 Å². The lowest BCUT2D eigenvalue weighted by Crippen LogP contribution is -2.21. The van der Waals surface area contributed by atoms with E-state index in [0.717, 1.165) is 52.1 Å². The number of aliphatic hydroxyl groups excluding tert-OH is 2. The van der Waals surface area contributed by atoms with E-state index in [-0.39, 0.29) is 6.61 Å². The third kappa shape index (κ3) is 51.7. The van der Waals surface area contributed by atoms with Crippen LogP contribution in [-0.4, -0.2) is 87.2 Å². The average Bonchev–Trinajstić information content (AvgIpc) is 2.71. The predicted molar refractivity (Wildman–Crippen MR) is 123 cm³/mol. The van der Waals surface area contributed by atoms with Gasteiger partial charge in [0, 0.05) is 19.7 Å². The first-order valence-corrected chi connectivity index (χ1v) is 10.8. The minimum Gasteiger partial charge on any atom is -0.396 e. The molecule has 168 valence electrons. The Morgan fingerprint density at radius 1 is 0.704 bits per heavy atom. The highest BCUT2D eigenvalue weighted by molar-refractivity contribution is 4.68. The number of rotatable bonds is 14. The molecule has 5 N–H and O–H groups in total. The zero-order valence-corrected chi connectivity index (χ0v) is 19.3. The van der Waals surface area contributed by atoms with Crippen LogP contribution < -0.4 is 16.0 Å². The molecule has 0 aromatic rings. The number of likely N-dealkylation sites (N-methyl/N-ethyl adjacent to an activating group) is 2. The SMILES string of the molecule is C=CCNCC.CCN(CC)CC.CCNCCCCO.CCNCCO. The summed E-state index contributed by atoms with van der Waals surface area (Å²) < 4.78 is 0. The van der Waals surface area contributed by atoms with Crippen LogP contribution in [0.2, 0.25) is 0 Å². The molecule has 0 spiro atoms. The lowest BCUT2D eigenvalue weighted by Gasteiger charge is -2.13. The van der Waals surface area contributed by atoms with Crippen LogP contribution in [0.15, 0.2) is 12.7 Å². The molecule has 0 aliphatic rings. The molecular formula is C21H52N4O2. The molecule has 0 heterocycles. The first kappa shape index (κ1) is 34.0. The van der Waals surface area contributed by atoms with Gasteiger partial charge in [0.1, 0.15) is 0 Å². The molecule has 0 unspecified atom stereocenters. The third-order valence-corrected chi connectivity index (χ3v) is 3.43. The minimum absolute atomic E-state index is 0.244. The van der Waals surface area contributed by atoms with Gasteiger partial charge in [0.2, 0.25) is 0 Å². The summed E-state index contributed by atoms with van der Waals surface area (Å²) in [4.78, 5) is 2.38. The Morgan fingerprint density at radius 2 is 1.19 bits per heavy atom. The Labute approximate surface area is 170 Å². The topological polar surface area (TPSA) is 79.8 Å². The second-order valence-corrected chi connectivity index (χ2v) is 5.58. The molecule has 0 aromatic carbocycles. The van der Waals surface area contributed by atoms with E-state index in [2.05, 4.69) is 62.0 Å². The largest absolute Gasteiger partial charge is 0.396 e. The van der Waals surface area contributed by atoms with Gasteiger partial charge in [-0.2, -0.15) is 0 Å². The molecule has 0 aliphatic heterocycles. The van der Waals surface area contributed by atoms with E-state index in [1.165, 1.54) is 19.6 Å². The maximum Gasteiger partial charge on any atom is 0.0555 e. The summed E-state index contributed by atoms with van der Waals surface area (Å²) in [5.74, 6) is 0. The van der Waals surface area contributed by atoms with Crippen molar-refractivity contribution < 1.29 is 10.2 Å². The molecule has 0 bridgehead atoms. The Morgan fingerprint density at radius 3 is 1.41 bits per heavy atom. The Balaban J connectivity index is -0.000000132. The lowest BCUT2D eigenvalue weighted by molar-refractivity contribution is 0.284. The van der Waals surface area contributed by atoms with E-state index >= 15 is 0 Å². The van der Waals surface area contributed by atoms with Crippen LogP contribution in [-0.2, 0) is 0 Å². The van der Waals surface area contributed by atoms with Crippen molar-refractivity contribution in [2.24, 2.45) is 0 Å². The van der Waals surface area contributed by atoms with E-state index in [0.29, 0.717) is 6.61 Å². The highest BCUT2D eigenvalue weighted by atomic mass is 16.3. The van der Waals surface area contributed by atoms with Gasteiger partial charge in [-0.25, -0.2) is 0 Å². The molecular weight excluding hydrogens is 340 g/mol. The fourth-order valence-electron chi connectivity index (χ4n) is 1.71. The monoisotopic (exact) mass is 392 g/mol. The highest BCUT2D eigenvalue weighted by Gasteiger charge is 1.89. The molecule has 0 saturated carbocycles. The normalized spacial score (nSPS) is 9.37. The van der Waals surface area contributed by atoms with E-state index in [9.17, 15) is 0 Å². The van der Waals surface area contributed by atoms with Gasteiger partial charge in [0.15, 0.2) is 0 Å². The van der Waals surface area contributed by atoms with Gasteiger partial charge in [-0.3, -0.25) is 0 Å². The van der Waals surface area contributed by atoms with Crippen molar-refractivity contribution in [1.29, 1.82) is 0 Å². The third-order valence-electron chi connectivity index (χ3n) is 3.43. The second-order valence-electron chi connectivity index (χ2n) is 5.58. The average molecular weight is 393 g/mol. The van der Waals surface area contributed by atoms with Crippen molar-refractivity contribution in [3.63, 3.8) is 0 Å². The Hall–Kier alpha value is -0.500. The van der Waals surface area contributed by atoms with E-state index < -0.39 is 0 Å². The van der Waals surface area contributed by atoms with Crippen molar-refractivity contribution >= 4 is 0 Å². The van der Waals surface area contributed by atoms with Crippen LogP contribution in [0, 0.1) is 0 Å². The fraction of sp³-hybridized carbons (Fsp3) is 0.905. The summed E-state index contributed by atoms with van der Waals surface area (Å²) in [5, 5.41) is 25.7. The number of hydrogen-bond donors (Lipinski definition) is 5. The molecule has 6 nitrogen and oxygen atoms in total.